The molecule has 3 aromatic rings. The predicted octanol–water partition coefficient (Wildman–Crippen LogP) is 5.28. The van der Waals surface area contributed by atoms with Crippen LogP contribution in [-0.2, 0) is 6.54 Å². The van der Waals surface area contributed by atoms with E-state index < -0.39 is 0 Å². The highest BCUT2D eigenvalue weighted by molar-refractivity contribution is 5.95. The van der Waals surface area contributed by atoms with E-state index in [2.05, 4.69) is 12.1 Å². The van der Waals surface area contributed by atoms with Crippen molar-refractivity contribution in [3.63, 3.8) is 0 Å². The van der Waals surface area contributed by atoms with Crippen molar-refractivity contribution >= 4 is 16.6 Å². The lowest BCUT2D eigenvalue weighted by molar-refractivity contribution is 0.309. The first kappa shape index (κ1) is 17.0. The first-order valence-electron chi connectivity index (χ1n) is 8.51. The molecule has 0 aliphatic heterocycles. The van der Waals surface area contributed by atoms with Gasteiger partial charge in [-0.3, -0.25) is 0 Å². The van der Waals surface area contributed by atoms with Crippen molar-refractivity contribution in [2.75, 3.05) is 6.61 Å². The number of hydrogen-bond acceptors (Lipinski definition) is 4. The van der Waals surface area contributed by atoms with E-state index in [1.54, 1.807) is 4.57 Å². The Labute approximate surface area is 146 Å². The molecule has 0 fully saturated rings. The second-order valence-electron chi connectivity index (χ2n) is 6.22. The van der Waals surface area contributed by atoms with Gasteiger partial charge in [-0.15, -0.1) is 4.91 Å². The number of ether oxygens (including phenoxy) is 1. The zero-order valence-electron chi connectivity index (χ0n) is 14.5. The lowest BCUT2D eigenvalue weighted by Gasteiger charge is -2.09. The molecule has 0 saturated carbocycles. The van der Waals surface area contributed by atoms with Gasteiger partial charge in [0.1, 0.15) is 5.75 Å². The topological polar surface area (TPSA) is 63.8 Å². The molecule has 0 saturated heterocycles. The molecule has 5 nitrogen and oxygen atoms in total. The van der Waals surface area contributed by atoms with Crippen molar-refractivity contribution < 1.29 is 9.84 Å². The molecule has 0 bridgehead atoms. The van der Waals surface area contributed by atoms with Crippen LogP contribution in [0.25, 0.3) is 10.9 Å². The minimum atomic E-state index is -0.0983. The molecular weight excluding hydrogens is 316 g/mol. The quantitative estimate of drug-likeness (QED) is 0.471. The third-order valence-corrected chi connectivity index (χ3v) is 4.29. The number of nitrogens with zero attached hydrogens (tertiary/aromatic N) is 2. The predicted molar refractivity (Wildman–Crippen MR) is 99.7 cm³/mol. The Bertz CT molecular complexity index is 882. The van der Waals surface area contributed by atoms with Gasteiger partial charge in [0.15, 0.2) is 5.69 Å². The van der Waals surface area contributed by atoms with Crippen molar-refractivity contribution in [1.29, 1.82) is 0 Å². The van der Waals surface area contributed by atoms with Crippen LogP contribution < -0.4 is 4.74 Å². The summed E-state index contributed by atoms with van der Waals surface area (Å²) in [7, 11) is 0. The maximum atomic E-state index is 11.1. The smallest absolute Gasteiger partial charge is 0.222 e. The zero-order chi connectivity index (χ0) is 17.8. The van der Waals surface area contributed by atoms with E-state index in [1.807, 2.05) is 49.4 Å². The summed E-state index contributed by atoms with van der Waals surface area (Å²) in [6.45, 7) is 5.24. The second-order valence-corrected chi connectivity index (χ2v) is 6.22. The van der Waals surface area contributed by atoms with Gasteiger partial charge in [-0.2, -0.15) is 0 Å². The van der Waals surface area contributed by atoms with Crippen LogP contribution >= 0.6 is 0 Å². The maximum absolute atomic E-state index is 11.1. The summed E-state index contributed by atoms with van der Waals surface area (Å²) in [6.07, 6.45) is 2.14. The van der Waals surface area contributed by atoms with Crippen molar-refractivity contribution in [2.45, 2.75) is 33.2 Å². The molecular formula is C20H22N2O3. The molecule has 2 aromatic carbocycles. The highest BCUT2D eigenvalue weighted by Gasteiger charge is 2.17. The van der Waals surface area contributed by atoms with Gasteiger partial charge in [-0.1, -0.05) is 37.1 Å². The molecule has 130 valence electrons. The van der Waals surface area contributed by atoms with Gasteiger partial charge < -0.3 is 14.4 Å². The van der Waals surface area contributed by atoms with Crippen LogP contribution in [0.1, 0.15) is 30.9 Å². The van der Waals surface area contributed by atoms with Gasteiger partial charge in [0.25, 0.3) is 0 Å². The van der Waals surface area contributed by atoms with Gasteiger partial charge in [-0.05, 0) is 48.4 Å². The highest BCUT2D eigenvalue weighted by Crippen LogP contribution is 2.39. The van der Waals surface area contributed by atoms with E-state index in [4.69, 9.17) is 4.74 Å². The number of unbranched alkanes of at least 4 members (excludes halogenated alkanes) is 1. The molecule has 5 heteroatoms. The van der Waals surface area contributed by atoms with Crippen LogP contribution in [0.4, 0.5) is 5.69 Å². The van der Waals surface area contributed by atoms with Crippen LogP contribution in [0.2, 0.25) is 0 Å². The fourth-order valence-electron chi connectivity index (χ4n) is 2.90. The van der Waals surface area contributed by atoms with Crippen molar-refractivity contribution in [3.8, 4) is 11.6 Å². The van der Waals surface area contributed by atoms with Crippen molar-refractivity contribution in [1.82, 2.24) is 4.57 Å². The summed E-state index contributed by atoms with van der Waals surface area (Å²) < 4.78 is 7.37. The summed E-state index contributed by atoms with van der Waals surface area (Å²) >= 11 is 0. The summed E-state index contributed by atoms with van der Waals surface area (Å²) in [4.78, 5) is 11.1. The van der Waals surface area contributed by atoms with E-state index in [0.717, 1.165) is 35.2 Å². The summed E-state index contributed by atoms with van der Waals surface area (Å²) in [5, 5.41) is 14.1. The van der Waals surface area contributed by atoms with Crippen LogP contribution in [0, 0.1) is 11.8 Å². The molecule has 0 amide bonds. The molecule has 0 aliphatic carbocycles. The van der Waals surface area contributed by atoms with E-state index in [-0.39, 0.29) is 11.6 Å². The molecule has 0 spiro atoms. The van der Waals surface area contributed by atoms with E-state index in [0.29, 0.717) is 18.5 Å². The van der Waals surface area contributed by atoms with E-state index in [9.17, 15) is 10.0 Å². The zero-order valence-corrected chi connectivity index (χ0v) is 14.5. The molecule has 0 atom stereocenters. The Kier molecular flexibility index (Phi) is 5.03. The van der Waals surface area contributed by atoms with Crippen LogP contribution in [0.15, 0.2) is 47.6 Å². The van der Waals surface area contributed by atoms with Gasteiger partial charge in [0, 0.05) is 5.39 Å². The van der Waals surface area contributed by atoms with Gasteiger partial charge in [-0.25, -0.2) is 0 Å². The standard InChI is InChI=1S/C20H22N2O3/c1-3-4-11-25-16-8-6-15(7-9-16)13-22-18-10-5-14(2)12-17(18)19(21-24)20(22)23/h5-10,12,23H,3-4,11,13H2,1-2H3. The van der Waals surface area contributed by atoms with Crippen LogP contribution in [-0.4, -0.2) is 16.3 Å². The molecule has 3 rings (SSSR count). The maximum Gasteiger partial charge on any atom is 0.222 e. The van der Waals surface area contributed by atoms with Crippen molar-refractivity contribution in [3.05, 3.63) is 58.5 Å². The SMILES string of the molecule is CCCCOc1ccc(Cn2c(O)c(N=O)c3cc(C)ccc32)cc1. The molecule has 1 heterocycles. The molecule has 25 heavy (non-hydrogen) atoms. The monoisotopic (exact) mass is 338 g/mol. The molecule has 0 radical (unpaired) electrons. The minimum absolute atomic E-state index is 0.0956. The average Bonchev–Trinajstić information content (AvgIpc) is 2.87. The van der Waals surface area contributed by atoms with Gasteiger partial charge >= 0.3 is 0 Å². The number of nitroso groups, excluding NO2 is 1. The Hall–Kier alpha value is -2.82. The van der Waals surface area contributed by atoms with Crippen LogP contribution in [0.3, 0.4) is 0 Å². The number of hydrogen-bond donors (Lipinski definition) is 1. The molecule has 0 unspecified atom stereocenters. The minimum Gasteiger partial charge on any atom is -0.494 e. The highest BCUT2D eigenvalue weighted by atomic mass is 16.5. The molecule has 1 N–H and O–H groups in total. The Balaban J connectivity index is 1.88. The summed E-state index contributed by atoms with van der Waals surface area (Å²) in [5.41, 5.74) is 2.91. The fraction of sp³-hybridized carbons (Fsp3) is 0.300. The Morgan fingerprint density at radius 2 is 1.92 bits per heavy atom. The largest absolute Gasteiger partial charge is 0.494 e. The third-order valence-electron chi connectivity index (χ3n) is 4.29. The van der Waals surface area contributed by atoms with E-state index >= 15 is 0 Å². The lowest BCUT2D eigenvalue weighted by Crippen LogP contribution is -2.00. The number of fused-ring (bicyclic) bond motifs is 1. The summed E-state index contributed by atoms with van der Waals surface area (Å²) in [6, 6.07) is 13.5. The van der Waals surface area contributed by atoms with Gasteiger partial charge in [0.2, 0.25) is 5.88 Å². The van der Waals surface area contributed by atoms with E-state index in [1.165, 1.54) is 0 Å². The third kappa shape index (κ3) is 3.50. The summed E-state index contributed by atoms with van der Waals surface area (Å²) in [5.74, 6) is 0.739. The van der Waals surface area contributed by atoms with Crippen molar-refractivity contribution in [2.24, 2.45) is 5.18 Å². The first-order chi connectivity index (χ1) is 12.1. The number of aromatic nitrogens is 1. The lowest BCUT2D eigenvalue weighted by atomic mass is 10.1. The number of rotatable bonds is 7. The van der Waals surface area contributed by atoms with Crippen LogP contribution in [0.5, 0.6) is 11.6 Å². The fourth-order valence-corrected chi connectivity index (χ4v) is 2.90. The molecule has 0 aliphatic rings. The first-order valence-corrected chi connectivity index (χ1v) is 8.51. The molecule has 1 aromatic heterocycles. The second kappa shape index (κ2) is 7.38. The Morgan fingerprint density at radius 1 is 1.16 bits per heavy atom. The average molecular weight is 338 g/mol. The number of benzene rings is 2. The number of aryl methyl sites for hydroxylation is 1. The Morgan fingerprint density at radius 3 is 2.60 bits per heavy atom. The van der Waals surface area contributed by atoms with Gasteiger partial charge in [0.05, 0.1) is 18.7 Å². The number of aromatic hydroxyl groups is 1. The normalized spacial score (nSPS) is 11.0.